The summed E-state index contributed by atoms with van der Waals surface area (Å²) in [4.78, 5) is 11.2. The highest BCUT2D eigenvalue weighted by Gasteiger charge is 2.12. The number of ether oxygens (including phenoxy) is 1. The molecule has 0 aliphatic rings. The van der Waals surface area contributed by atoms with Gasteiger partial charge in [0, 0.05) is 11.5 Å². The van der Waals surface area contributed by atoms with Crippen LogP contribution in [-0.2, 0) is 15.3 Å². The van der Waals surface area contributed by atoms with E-state index in [1.807, 2.05) is 19.1 Å². The molecule has 0 N–H and O–H groups in total. The molecule has 0 fully saturated rings. The molecule has 1 aromatic carbocycles. The van der Waals surface area contributed by atoms with Crippen LogP contribution >= 0.6 is 11.8 Å². The molecule has 17 heavy (non-hydrogen) atoms. The Hall–Kier alpha value is -1.47. The van der Waals surface area contributed by atoms with Gasteiger partial charge in [-0.2, -0.15) is 17.0 Å². The number of rotatable bonds is 5. The number of nitrogens with zero attached hydrogens (tertiary/aromatic N) is 1. The number of thioether (sulfide) groups is 1. The van der Waals surface area contributed by atoms with Crippen molar-refractivity contribution >= 4 is 17.7 Å². The average molecular weight is 249 g/mol. The highest BCUT2D eigenvalue weighted by atomic mass is 32.2. The van der Waals surface area contributed by atoms with Gasteiger partial charge < -0.3 is 4.74 Å². The smallest absolute Gasteiger partial charge is 0.309 e. The zero-order valence-corrected chi connectivity index (χ0v) is 10.8. The largest absolute Gasteiger partial charge is 0.469 e. The van der Waals surface area contributed by atoms with E-state index in [9.17, 15) is 4.79 Å². The predicted molar refractivity (Wildman–Crippen MR) is 68.5 cm³/mol. The van der Waals surface area contributed by atoms with Gasteiger partial charge in [0.2, 0.25) is 0 Å². The van der Waals surface area contributed by atoms with Crippen molar-refractivity contribution in [1.29, 1.82) is 5.26 Å². The van der Waals surface area contributed by atoms with Gasteiger partial charge >= 0.3 is 5.97 Å². The first-order chi connectivity index (χ1) is 8.17. The van der Waals surface area contributed by atoms with Gasteiger partial charge in [-0.1, -0.05) is 19.1 Å². The first-order valence-corrected chi connectivity index (χ1v) is 6.47. The lowest BCUT2D eigenvalue weighted by Crippen LogP contribution is -2.14. The molecule has 0 aliphatic heterocycles. The van der Waals surface area contributed by atoms with Gasteiger partial charge in [-0.25, -0.2) is 0 Å². The van der Waals surface area contributed by atoms with Crippen molar-refractivity contribution in [2.75, 3.05) is 12.9 Å². The Morgan fingerprint density at radius 1 is 1.47 bits per heavy atom. The van der Waals surface area contributed by atoms with E-state index >= 15 is 0 Å². The van der Waals surface area contributed by atoms with E-state index in [1.165, 1.54) is 7.11 Å². The lowest BCUT2D eigenvalue weighted by molar-refractivity contribution is -0.143. The highest BCUT2D eigenvalue weighted by molar-refractivity contribution is 7.98. The lowest BCUT2D eigenvalue weighted by Gasteiger charge is -2.08. The van der Waals surface area contributed by atoms with Crippen LogP contribution in [0.25, 0.3) is 0 Å². The standard InChI is InChI=1S/C13H15NO2S/c1-10(13(15)16-2)8-17-9-12-5-3-11(7-14)4-6-12/h3-6,10H,8-9H2,1-2H3/t10-/m0/s1. The van der Waals surface area contributed by atoms with Crippen molar-refractivity contribution in [2.45, 2.75) is 12.7 Å². The molecule has 0 bridgehead atoms. The minimum absolute atomic E-state index is 0.0802. The molecule has 0 heterocycles. The fourth-order valence-corrected chi connectivity index (χ4v) is 2.33. The molecule has 0 spiro atoms. The molecule has 0 saturated carbocycles. The van der Waals surface area contributed by atoms with Crippen LogP contribution < -0.4 is 0 Å². The van der Waals surface area contributed by atoms with Gasteiger partial charge in [0.1, 0.15) is 0 Å². The Bertz CT molecular complexity index is 408. The first kappa shape index (κ1) is 13.6. The van der Waals surface area contributed by atoms with Gasteiger partial charge in [0.25, 0.3) is 0 Å². The topological polar surface area (TPSA) is 50.1 Å². The Kier molecular flexibility index (Phi) is 5.58. The van der Waals surface area contributed by atoms with E-state index in [0.717, 1.165) is 17.1 Å². The quantitative estimate of drug-likeness (QED) is 0.753. The Morgan fingerprint density at radius 3 is 2.65 bits per heavy atom. The molecule has 1 atom stereocenters. The zero-order valence-electron chi connectivity index (χ0n) is 9.97. The third kappa shape index (κ3) is 4.49. The number of hydrogen-bond donors (Lipinski definition) is 0. The number of methoxy groups -OCH3 is 1. The van der Waals surface area contributed by atoms with Crippen LogP contribution in [0, 0.1) is 17.2 Å². The second-order valence-electron chi connectivity index (χ2n) is 3.75. The van der Waals surface area contributed by atoms with Crippen molar-refractivity contribution in [2.24, 2.45) is 5.92 Å². The van der Waals surface area contributed by atoms with E-state index in [0.29, 0.717) is 5.56 Å². The monoisotopic (exact) mass is 249 g/mol. The predicted octanol–water partition coefficient (Wildman–Crippen LogP) is 2.60. The molecule has 1 rings (SSSR count). The molecule has 0 amide bonds. The van der Waals surface area contributed by atoms with Crippen LogP contribution in [0.1, 0.15) is 18.1 Å². The lowest BCUT2D eigenvalue weighted by atomic mass is 10.2. The van der Waals surface area contributed by atoms with Gasteiger partial charge in [-0.15, -0.1) is 0 Å². The van der Waals surface area contributed by atoms with E-state index in [-0.39, 0.29) is 11.9 Å². The summed E-state index contributed by atoms with van der Waals surface area (Å²) >= 11 is 1.69. The maximum Gasteiger partial charge on any atom is 0.309 e. The first-order valence-electron chi connectivity index (χ1n) is 5.32. The van der Waals surface area contributed by atoms with Crippen molar-refractivity contribution < 1.29 is 9.53 Å². The number of carbonyl (C=O) groups is 1. The van der Waals surface area contributed by atoms with E-state index in [4.69, 9.17) is 5.26 Å². The number of esters is 1. The molecule has 0 aromatic heterocycles. The Labute approximate surface area is 106 Å². The van der Waals surface area contributed by atoms with E-state index in [2.05, 4.69) is 10.8 Å². The third-order valence-electron chi connectivity index (χ3n) is 2.32. The van der Waals surface area contributed by atoms with Crippen LogP contribution in [-0.4, -0.2) is 18.8 Å². The maximum atomic E-state index is 11.2. The number of carbonyl (C=O) groups excluding carboxylic acids is 1. The summed E-state index contributed by atoms with van der Waals surface area (Å²) in [5.74, 6) is 1.33. The average Bonchev–Trinajstić information content (AvgIpc) is 2.38. The molecule has 0 saturated heterocycles. The second-order valence-corrected chi connectivity index (χ2v) is 4.78. The van der Waals surface area contributed by atoms with Crippen molar-refractivity contribution in [3.63, 3.8) is 0 Å². The van der Waals surface area contributed by atoms with Crippen LogP contribution in [0.15, 0.2) is 24.3 Å². The van der Waals surface area contributed by atoms with Gasteiger partial charge in [-0.05, 0) is 17.7 Å². The third-order valence-corrected chi connectivity index (χ3v) is 3.60. The Balaban J connectivity index is 2.36. The summed E-state index contributed by atoms with van der Waals surface area (Å²) in [7, 11) is 1.41. The van der Waals surface area contributed by atoms with Gasteiger partial charge in [0.05, 0.1) is 24.7 Å². The molecule has 90 valence electrons. The summed E-state index contributed by atoms with van der Waals surface area (Å²) in [6.45, 7) is 1.86. The van der Waals surface area contributed by atoms with Crippen molar-refractivity contribution in [1.82, 2.24) is 0 Å². The van der Waals surface area contributed by atoms with Crippen LogP contribution in [0.2, 0.25) is 0 Å². The number of hydrogen-bond acceptors (Lipinski definition) is 4. The summed E-state index contributed by atoms with van der Waals surface area (Å²) in [6.07, 6.45) is 0. The van der Waals surface area contributed by atoms with E-state index < -0.39 is 0 Å². The molecule has 0 aliphatic carbocycles. The fourth-order valence-electron chi connectivity index (χ4n) is 1.30. The van der Waals surface area contributed by atoms with Gasteiger partial charge in [0.15, 0.2) is 0 Å². The summed E-state index contributed by atoms with van der Waals surface area (Å²) in [5.41, 5.74) is 1.83. The fraction of sp³-hybridized carbons (Fsp3) is 0.385. The molecule has 3 nitrogen and oxygen atoms in total. The zero-order chi connectivity index (χ0) is 12.7. The SMILES string of the molecule is COC(=O)[C@@H](C)CSCc1ccc(C#N)cc1. The summed E-state index contributed by atoms with van der Waals surface area (Å²) < 4.78 is 4.66. The Morgan fingerprint density at radius 2 is 2.12 bits per heavy atom. The molecular weight excluding hydrogens is 234 g/mol. The molecule has 0 unspecified atom stereocenters. The minimum Gasteiger partial charge on any atom is -0.469 e. The normalized spacial score (nSPS) is 11.6. The maximum absolute atomic E-state index is 11.2. The second kappa shape index (κ2) is 6.97. The van der Waals surface area contributed by atoms with Crippen molar-refractivity contribution in [3.8, 4) is 6.07 Å². The van der Waals surface area contributed by atoms with Crippen molar-refractivity contribution in [3.05, 3.63) is 35.4 Å². The summed E-state index contributed by atoms with van der Waals surface area (Å²) in [6, 6.07) is 9.57. The molecule has 0 radical (unpaired) electrons. The van der Waals surface area contributed by atoms with Gasteiger partial charge in [-0.3, -0.25) is 4.79 Å². The number of nitriles is 1. The van der Waals surface area contributed by atoms with Crippen LogP contribution in [0.5, 0.6) is 0 Å². The minimum atomic E-state index is -0.169. The van der Waals surface area contributed by atoms with Crippen LogP contribution in [0.4, 0.5) is 0 Å². The summed E-state index contributed by atoms with van der Waals surface area (Å²) in [5, 5.41) is 8.66. The highest BCUT2D eigenvalue weighted by Crippen LogP contribution is 2.16. The molecule has 4 heteroatoms. The molecule has 1 aromatic rings. The van der Waals surface area contributed by atoms with E-state index in [1.54, 1.807) is 23.9 Å². The molecular formula is C13H15NO2S. The van der Waals surface area contributed by atoms with Crippen LogP contribution in [0.3, 0.4) is 0 Å². The number of benzene rings is 1.